The second-order valence-corrected chi connectivity index (χ2v) is 4.62. The van der Waals surface area contributed by atoms with E-state index >= 15 is 0 Å². The van der Waals surface area contributed by atoms with E-state index in [2.05, 4.69) is 13.2 Å². The van der Waals surface area contributed by atoms with Crippen LogP contribution in [-0.2, 0) is 19.2 Å². The number of rotatable bonds is 7. The molecule has 0 aliphatic carbocycles. The van der Waals surface area contributed by atoms with Gasteiger partial charge in [0, 0.05) is 22.3 Å². The van der Waals surface area contributed by atoms with Gasteiger partial charge in [-0.05, 0) is 26.2 Å². The lowest BCUT2D eigenvalue weighted by molar-refractivity contribution is -0.136. The molecule has 0 saturated carbocycles. The van der Waals surface area contributed by atoms with E-state index in [1.807, 2.05) is 0 Å². The highest BCUT2D eigenvalue weighted by molar-refractivity contribution is 5.98. The minimum absolute atomic E-state index is 0.00926. The van der Waals surface area contributed by atoms with Crippen molar-refractivity contribution >= 4 is 23.9 Å². The molecule has 142 valence electrons. The number of hydrogen-bond donors (Lipinski definition) is 4. The topological polar surface area (TPSA) is 149 Å². The van der Waals surface area contributed by atoms with Crippen molar-refractivity contribution in [2.45, 2.75) is 47.0 Å². The normalized spacial score (nSPS) is 9.92. The van der Waals surface area contributed by atoms with E-state index in [1.165, 1.54) is 6.92 Å². The zero-order valence-electron chi connectivity index (χ0n) is 15.0. The van der Waals surface area contributed by atoms with Crippen LogP contribution in [0.1, 0.15) is 47.0 Å². The van der Waals surface area contributed by atoms with Gasteiger partial charge in [-0.15, -0.1) is 0 Å². The van der Waals surface area contributed by atoms with E-state index in [1.54, 1.807) is 20.8 Å². The number of aliphatic carboxylic acids is 4. The molecule has 0 aromatic rings. The molecule has 0 atom stereocenters. The first-order valence-electron chi connectivity index (χ1n) is 7.35. The first-order valence-corrected chi connectivity index (χ1v) is 7.35. The number of carboxylic acid groups (broad SMARTS) is 4. The fourth-order valence-corrected chi connectivity index (χ4v) is 1.14. The van der Waals surface area contributed by atoms with Crippen LogP contribution in [0.4, 0.5) is 0 Å². The Kier molecular flexibility index (Phi) is 15.8. The molecule has 0 heterocycles. The van der Waals surface area contributed by atoms with Crippen LogP contribution >= 0.6 is 0 Å². The number of hydrogen-bond acceptors (Lipinski definition) is 4. The summed E-state index contributed by atoms with van der Waals surface area (Å²) in [6.07, 6.45) is 1.00. The summed E-state index contributed by atoms with van der Waals surface area (Å²) in [5, 5.41) is 33.2. The summed E-state index contributed by atoms with van der Waals surface area (Å²) >= 11 is 0. The first kappa shape index (κ1) is 27.0. The monoisotopic (exact) mass is 358 g/mol. The zero-order chi connectivity index (χ0) is 20.7. The highest BCUT2D eigenvalue weighted by atomic mass is 16.4. The molecule has 0 amide bonds. The van der Waals surface area contributed by atoms with Crippen LogP contribution < -0.4 is 0 Å². The van der Waals surface area contributed by atoms with E-state index in [4.69, 9.17) is 20.4 Å². The van der Waals surface area contributed by atoms with Gasteiger partial charge in [0.15, 0.2) is 0 Å². The van der Waals surface area contributed by atoms with Crippen molar-refractivity contribution in [2.75, 3.05) is 0 Å². The third kappa shape index (κ3) is 14.4. The smallest absolute Gasteiger partial charge is 0.332 e. The molecule has 0 spiro atoms. The molecule has 0 unspecified atom stereocenters. The molecule has 0 saturated heterocycles. The predicted octanol–water partition coefficient (Wildman–Crippen LogP) is 2.96. The lowest BCUT2D eigenvalue weighted by atomic mass is 10.0. The standard InChI is InChI=1S/C8H12O4.C5H8O2.C4H6O2/c1-3-5(7(9)10)6(4-2)8(11)12;1-3-4(2)5(6)7;1-3(2)4(5)6/h3-4H2,1-2H3,(H,9,10)(H,11,12);2-3H2,1H3,(H,6,7);1H2,2H3,(H,5,6). The summed E-state index contributed by atoms with van der Waals surface area (Å²) in [6, 6.07) is 0. The van der Waals surface area contributed by atoms with Gasteiger partial charge in [0.25, 0.3) is 0 Å². The molecule has 0 aromatic heterocycles. The maximum absolute atomic E-state index is 10.5. The van der Waals surface area contributed by atoms with Gasteiger partial charge >= 0.3 is 23.9 Å². The van der Waals surface area contributed by atoms with E-state index in [0.717, 1.165) is 0 Å². The van der Waals surface area contributed by atoms with Crippen LogP contribution in [0.5, 0.6) is 0 Å². The van der Waals surface area contributed by atoms with E-state index < -0.39 is 23.9 Å². The lowest BCUT2D eigenvalue weighted by Crippen LogP contribution is -2.10. The Morgan fingerprint density at radius 1 is 0.640 bits per heavy atom. The van der Waals surface area contributed by atoms with Gasteiger partial charge in [-0.1, -0.05) is 33.9 Å². The third-order valence-corrected chi connectivity index (χ3v) is 2.68. The van der Waals surface area contributed by atoms with E-state index in [0.29, 0.717) is 6.42 Å². The average molecular weight is 358 g/mol. The molecule has 0 aromatic carbocycles. The Balaban J connectivity index is -0.000000317. The SMILES string of the molecule is C=C(C)C(=O)O.C=C(CC)C(=O)O.CCC(C(=O)O)=C(CC)C(=O)O. The Morgan fingerprint density at radius 3 is 0.960 bits per heavy atom. The number of carboxylic acids is 4. The number of carbonyl (C=O) groups is 4. The maximum Gasteiger partial charge on any atom is 0.332 e. The molecule has 0 radical (unpaired) electrons. The fourth-order valence-electron chi connectivity index (χ4n) is 1.14. The fraction of sp³-hybridized carbons (Fsp3) is 0.412. The molecule has 0 aliphatic rings. The van der Waals surface area contributed by atoms with Gasteiger partial charge in [0.05, 0.1) is 0 Å². The summed E-state index contributed by atoms with van der Waals surface area (Å²) in [4.78, 5) is 40.5. The van der Waals surface area contributed by atoms with Crippen molar-refractivity contribution in [3.05, 3.63) is 35.5 Å². The Hall–Kier alpha value is -2.90. The van der Waals surface area contributed by atoms with Gasteiger partial charge in [-0.3, -0.25) is 0 Å². The Bertz CT molecular complexity index is 519. The molecule has 8 nitrogen and oxygen atoms in total. The van der Waals surface area contributed by atoms with E-state index in [-0.39, 0.29) is 35.1 Å². The molecule has 0 fully saturated rings. The van der Waals surface area contributed by atoms with Gasteiger partial charge in [-0.2, -0.15) is 0 Å². The van der Waals surface area contributed by atoms with Gasteiger partial charge in [0.1, 0.15) is 0 Å². The van der Waals surface area contributed by atoms with Gasteiger partial charge in [-0.25, -0.2) is 19.2 Å². The Morgan fingerprint density at radius 2 is 0.920 bits per heavy atom. The van der Waals surface area contributed by atoms with Crippen LogP contribution in [0.2, 0.25) is 0 Å². The molecule has 0 bridgehead atoms. The predicted molar refractivity (Wildman–Crippen MR) is 92.4 cm³/mol. The van der Waals surface area contributed by atoms with Crippen molar-refractivity contribution in [3.8, 4) is 0 Å². The molecule has 4 N–H and O–H groups in total. The van der Waals surface area contributed by atoms with Crippen molar-refractivity contribution in [3.63, 3.8) is 0 Å². The summed E-state index contributed by atoms with van der Waals surface area (Å²) in [5.74, 6) is -4.12. The molecule has 25 heavy (non-hydrogen) atoms. The highest BCUT2D eigenvalue weighted by Crippen LogP contribution is 2.12. The Labute approximate surface area is 146 Å². The van der Waals surface area contributed by atoms with Gasteiger partial charge < -0.3 is 20.4 Å². The molecule has 8 heteroatoms. The second kappa shape index (κ2) is 14.7. The minimum atomic E-state index is -1.14. The largest absolute Gasteiger partial charge is 0.478 e. The lowest BCUT2D eigenvalue weighted by Gasteiger charge is -2.03. The van der Waals surface area contributed by atoms with Crippen molar-refractivity contribution in [1.82, 2.24) is 0 Å². The molecular weight excluding hydrogens is 332 g/mol. The summed E-state index contributed by atoms with van der Waals surface area (Å²) in [7, 11) is 0. The molecular formula is C17H26O8. The zero-order valence-corrected chi connectivity index (χ0v) is 15.0. The first-order chi connectivity index (χ1) is 11.4. The van der Waals surface area contributed by atoms with Crippen molar-refractivity contribution in [1.29, 1.82) is 0 Å². The second-order valence-electron chi connectivity index (χ2n) is 4.62. The quantitative estimate of drug-likeness (QED) is 0.507. The van der Waals surface area contributed by atoms with Crippen LogP contribution in [0.15, 0.2) is 35.5 Å². The van der Waals surface area contributed by atoms with Crippen LogP contribution in [-0.4, -0.2) is 44.3 Å². The van der Waals surface area contributed by atoms with Crippen LogP contribution in [0.3, 0.4) is 0 Å². The van der Waals surface area contributed by atoms with Crippen molar-refractivity contribution < 1.29 is 39.6 Å². The van der Waals surface area contributed by atoms with E-state index in [9.17, 15) is 19.2 Å². The summed E-state index contributed by atoms with van der Waals surface area (Å²) < 4.78 is 0. The average Bonchev–Trinajstić information content (AvgIpc) is 2.51. The maximum atomic E-state index is 10.5. The van der Waals surface area contributed by atoms with Gasteiger partial charge in [0.2, 0.25) is 0 Å². The summed E-state index contributed by atoms with van der Waals surface area (Å²) in [6.45, 7) is 12.9. The third-order valence-electron chi connectivity index (χ3n) is 2.68. The summed E-state index contributed by atoms with van der Waals surface area (Å²) in [5.41, 5.74) is 0.421. The molecule has 0 aliphatic heterocycles. The minimum Gasteiger partial charge on any atom is -0.478 e. The molecule has 0 rings (SSSR count). The van der Waals surface area contributed by atoms with Crippen LogP contribution in [0.25, 0.3) is 0 Å². The van der Waals surface area contributed by atoms with Crippen LogP contribution in [0, 0.1) is 0 Å². The highest BCUT2D eigenvalue weighted by Gasteiger charge is 2.16. The van der Waals surface area contributed by atoms with Crippen molar-refractivity contribution in [2.24, 2.45) is 0 Å².